The van der Waals surface area contributed by atoms with Crippen molar-refractivity contribution in [3.05, 3.63) is 118 Å². The van der Waals surface area contributed by atoms with Gasteiger partial charge in [-0.3, -0.25) is 0 Å². The first-order chi connectivity index (χ1) is 14.8. The molecule has 0 aliphatic heterocycles. The van der Waals surface area contributed by atoms with Crippen LogP contribution in [0.2, 0.25) is 0 Å². The van der Waals surface area contributed by atoms with Gasteiger partial charge in [-0.25, -0.2) is 0 Å². The lowest BCUT2D eigenvalue weighted by molar-refractivity contribution is 0.966. The third kappa shape index (κ3) is 4.06. The standard InChI is InChI=1S/C29H30N2/c1-18-14-25(15-19(2)28(18)30)27(26-16-20(3)29(31)21(4)17-26)24-12-10-23(11-13-24)22-8-6-5-7-9-22/h5-17,27H,30-31H2,1-4H3. The molecule has 0 aromatic heterocycles. The molecule has 4 N–H and O–H groups in total. The van der Waals surface area contributed by atoms with Gasteiger partial charge in [0.1, 0.15) is 0 Å². The molecule has 2 nitrogen and oxygen atoms in total. The van der Waals surface area contributed by atoms with Crippen molar-refractivity contribution in [2.45, 2.75) is 33.6 Å². The summed E-state index contributed by atoms with van der Waals surface area (Å²) in [7, 11) is 0. The van der Waals surface area contributed by atoms with Crippen LogP contribution < -0.4 is 11.5 Å². The molecule has 0 radical (unpaired) electrons. The highest BCUT2D eigenvalue weighted by Crippen LogP contribution is 2.37. The van der Waals surface area contributed by atoms with Gasteiger partial charge in [-0.15, -0.1) is 0 Å². The molecule has 0 amide bonds. The molecule has 2 heteroatoms. The fraction of sp³-hybridized carbons (Fsp3) is 0.172. The van der Waals surface area contributed by atoms with E-state index in [0.717, 1.165) is 33.6 Å². The van der Waals surface area contributed by atoms with Gasteiger partial charge in [0.05, 0.1) is 0 Å². The van der Waals surface area contributed by atoms with Crippen molar-refractivity contribution in [3.63, 3.8) is 0 Å². The van der Waals surface area contributed by atoms with Crippen LogP contribution in [0.1, 0.15) is 44.9 Å². The van der Waals surface area contributed by atoms with E-state index in [0.29, 0.717) is 0 Å². The Morgan fingerprint density at radius 2 is 0.871 bits per heavy atom. The zero-order valence-corrected chi connectivity index (χ0v) is 18.7. The van der Waals surface area contributed by atoms with Gasteiger partial charge in [0.2, 0.25) is 0 Å². The largest absolute Gasteiger partial charge is 0.398 e. The van der Waals surface area contributed by atoms with Crippen molar-refractivity contribution in [2.75, 3.05) is 11.5 Å². The summed E-state index contributed by atoms with van der Waals surface area (Å²) in [6.07, 6.45) is 0. The average Bonchev–Trinajstić information content (AvgIpc) is 2.77. The van der Waals surface area contributed by atoms with Crippen molar-refractivity contribution in [3.8, 4) is 11.1 Å². The monoisotopic (exact) mass is 406 g/mol. The smallest absolute Gasteiger partial charge is 0.0373 e. The molecule has 4 aromatic carbocycles. The second-order valence-electron chi connectivity index (χ2n) is 8.56. The lowest BCUT2D eigenvalue weighted by Crippen LogP contribution is -2.07. The van der Waals surface area contributed by atoms with Gasteiger partial charge in [0.25, 0.3) is 0 Å². The van der Waals surface area contributed by atoms with Crippen molar-refractivity contribution >= 4 is 11.4 Å². The van der Waals surface area contributed by atoms with E-state index in [1.165, 1.54) is 27.8 Å². The van der Waals surface area contributed by atoms with Crippen LogP contribution in [0.25, 0.3) is 11.1 Å². The molecule has 0 spiro atoms. The number of hydrogen-bond donors (Lipinski definition) is 2. The van der Waals surface area contributed by atoms with Crippen LogP contribution in [0.15, 0.2) is 78.9 Å². The lowest BCUT2D eigenvalue weighted by Gasteiger charge is -2.23. The molecule has 4 aromatic rings. The molecule has 156 valence electrons. The summed E-state index contributed by atoms with van der Waals surface area (Å²) in [6, 6.07) is 28.3. The van der Waals surface area contributed by atoms with Crippen molar-refractivity contribution < 1.29 is 0 Å². The second kappa shape index (κ2) is 8.31. The Bertz CT molecular complexity index is 1120. The summed E-state index contributed by atoms with van der Waals surface area (Å²) >= 11 is 0. The van der Waals surface area contributed by atoms with Crippen LogP contribution in [0.3, 0.4) is 0 Å². The molecule has 0 aliphatic rings. The molecule has 0 fully saturated rings. The lowest BCUT2D eigenvalue weighted by atomic mass is 9.82. The zero-order chi connectivity index (χ0) is 22.1. The number of hydrogen-bond acceptors (Lipinski definition) is 2. The molecule has 0 heterocycles. The highest BCUT2D eigenvalue weighted by molar-refractivity contribution is 5.65. The second-order valence-corrected chi connectivity index (χ2v) is 8.56. The highest BCUT2D eigenvalue weighted by Gasteiger charge is 2.20. The Hall–Kier alpha value is -3.52. The first-order valence-corrected chi connectivity index (χ1v) is 10.7. The summed E-state index contributed by atoms with van der Waals surface area (Å²) in [6.45, 7) is 8.34. The third-order valence-electron chi connectivity index (χ3n) is 6.25. The number of nitrogen functional groups attached to an aromatic ring is 2. The Labute approximate surface area is 185 Å². The van der Waals surface area contributed by atoms with E-state index in [1.807, 2.05) is 6.07 Å². The molecule has 0 aliphatic carbocycles. The predicted molar refractivity (Wildman–Crippen MR) is 133 cm³/mol. The highest BCUT2D eigenvalue weighted by atomic mass is 14.6. The maximum Gasteiger partial charge on any atom is 0.0373 e. The molecule has 4 rings (SSSR count). The fourth-order valence-electron chi connectivity index (χ4n) is 4.43. The molecular weight excluding hydrogens is 376 g/mol. The third-order valence-corrected chi connectivity index (χ3v) is 6.25. The number of benzene rings is 4. The van der Waals surface area contributed by atoms with Crippen LogP contribution in [0, 0.1) is 27.7 Å². The maximum absolute atomic E-state index is 6.26. The van der Waals surface area contributed by atoms with Crippen LogP contribution in [-0.2, 0) is 0 Å². The molecule has 0 saturated heterocycles. The maximum atomic E-state index is 6.26. The number of aryl methyl sites for hydroxylation is 4. The van der Waals surface area contributed by atoms with Crippen molar-refractivity contribution in [1.29, 1.82) is 0 Å². The first kappa shape index (κ1) is 20.7. The normalized spacial score (nSPS) is 11.1. The van der Waals surface area contributed by atoms with Crippen LogP contribution >= 0.6 is 0 Å². The van der Waals surface area contributed by atoms with Crippen LogP contribution in [0.5, 0.6) is 0 Å². The summed E-state index contributed by atoms with van der Waals surface area (Å²) in [5, 5.41) is 0. The first-order valence-electron chi connectivity index (χ1n) is 10.7. The van der Waals surface area contributed by atoms with E-state index >= 15 is 0 Å². The van der Waals surface area contributed by atoms with Gasteiger partial charge in [-0.1, -0.05) is 78.9 Å². The van der Waals surface area contributed by atoms with Crippen molar-refractivity contribution in [1.82, 2.24) is 0 Å². The van der Waals surface area contributed by atoms with Gasteiger partial charge in [-0.05, 0) is 77.8 Å². The molecule has 31 heavy (non-hydrogen) atoms. The van der Waals surface area contributed by atoms with E-state index < -0.39 is 0 Å². The van der Waals surface area contributed by atoms with Gasteiger partial charge in [0, 0.05) is 17.3 Å². The Kier molecular flexibility index (Phi) is 5.56. The van der Waals surface area contributed by atoms with E-state index in [9.17, 15) is 0 Å². The number of anilines is 2. The average molecular weight is 407 g/mol. The summed E-state index contributed by atoms with van der Waals surface area (Å²) in [4.78, 5) is 0. The topological polar surface area (TPSA) is 52.0 Å². The predicted octanol–water partition coefficient (Wildman–Crippen LogP) is 6.93. The molecule has 0 unspecified atom stereocenters. The molecule has 0 atom stereocenters. The van der Waals surface area contributed by atoms with Crippen molar-refractivity contribution in [2.24, 2.45) is 0 Å². The SMILES string of the molecule is Cc1cc(C(c2ccc(-c3ccccc3)cc2)c2cc(C)c(N)c(C)c2)cc(C)c1N. The van der Waals surface area contributed by atoms with Gasteiger partial charge < -0.3 is 11.5 Å². The van der Waals surface area contributed by atoms with E-state index in [4.69, 9.17) is 11.5 Å². The van der Waals surface area contributed by atoms with Gasteiger partial charge >= 0.3 is 0 Å². The zero-order valence-electron chi connectivity index (χ0n) is 18.7. The summed E-state index contributed by atoms with van der Waals surface area (Å²) < 4.78 is 0. The van der Waals surface area contributed by atoms with E-state index in [-0.39, 0.29) is 5.92 Å². The van der Waals surface area contributed by atoms with E-state index in [2.05, 4.69) is 100 Å². The Morgan fingerprint density at radius 1 is 0.484 bits per heavy atom. The van der Waals surface area contributed by atoms with Gasteiger partial charge in [0.15, 0.2) is 0 Å². The van der Waals surface area contributed by atoms with E-state index in [1.54, 1.807) is 0 Å². The quantitative estimate of drug-likeness (QED) is 0.285. The molecule has 0 bridgehead atoms. The Morgan fingerprint density at radius 3 is 1.29 bits per heavy atom. The van der Waals surface area contributed by atoms with Crippen LogP contribution in [-0.4, -0.2) is 0 Å². The number of rotatable bonds is 4. The number of nitrogens with two attached hydrogens (primary N) is 2. The minimum absolute atomic E-state index is 0.112. The Balaban J connectivity index is 1.87. The molecule has 0 saturated carbocycles. The summed E-state index contributed by atoms with van der Waals surface area (Å²) in [5.41, 5.74) is 24.9. The fourth-order valence-corrected chi connectivity index (χ4v) is 4.43. The minimum Gasteiger partial charge on any atom is -0.398 e. The minimum atomic E-state index is 0.112. The van der Waals surface area contributed by atoms with Crippen LogP contribution in [0.4, 0.5) is 11.4 Å². The summed E-state index contributed by atoms with van der Waals surface area (Å²) in [5.74, 6) is 0.112. The molecular formula is C29H30N2. The van der Waals surface area contributed by atoms with Gasteiger partial charge in [-0.2, -0.15) is 0 Å².